The largest absolute Gasteiger partial charge is 0.342 e. The van der Waals surface area contributed by atoms with E-state index in [0.717, 1.165) is 12.8 Å². The van der Waals surface area contributed by atoms with E-state index in [2.05, 4.69) is 11.2 Å². The van der Waals surface area contributed by atoms with Gasteiger partial charge in [-0.25, -0.2) is 0 Å². The third-order valence-electron chi connectivity index (χ3n) is 4.00. The minimum Gasteiger partial charge on any atom is -0.342 e. The third kappa shape index (κ3) is 2.60. The molecule has 2 aliphatic rings. The molecule has 0 bridgehead atoms. The highest BCUT2D eigenvalue weighted by Crippen LogP contribution is 2.36. The van der Waals surface area contributed by atoms with E-state index in [9.17, 15) is 9.59 Å². The number of piperazine rings is 1. The van der Waals surface area contributed by atoms with Gasteiger partial charge in [0.2, 0.25) is 11.8 Å². The molecule has 3 atom stereocenters. The fourth-order valence-electron chi connectivity index (χ4n) is 2.86. The van der Waals surface area contributed by atoms with E-state index in [0.29, 0.717) is 12.3 Å². The first-order chi connectivity index (χ1) is 8.97. The fraction of sp³-hybridized carbons (Fsp3) is 0.733. The molecule has 1 N–H and O–H groups in total. The molecule has 2 fully saturated rings. The molecule has 0 spiro atoms. The van der Waals surface area contributed by atoms with Crippen molar-refractivity contribution in [1.82, 2.24) is 10.2 Å². The Morgan fingerprint density at radius 3 is 2.47 bits per heavy atom. The van der Waals surface area contributed by atoms with E-state index in [1.807, 2.05) is 20.8 Å². The smallest absolute Gasteiger partial charge is 0.246 e. The summed E-state index contributed by atoms with van der Waals surface area (Å²) in [5.41, 5.74) is 0. The average molecular weight is 262 g/mol. The number of hydrogen-bond acceptors (Lipinski definition) is 2. The van der Waals surface area contributed by atoms with Crippen molar-refractivity contribution >= 4 is 11.8 Å². The SMILES string of the molecule is C#CCC(C)N1C(=O)C(C2CC2)NC(=O)C1C(C)C. The number of carbonyl (C=O) groups excluding carboxylic acids is 2. The number of rotatable bonds is 4. The summed E-state index contributed by atoms with van der Waals surface area (Å²) in [5, 5.41) is 2.90. The topological polar surface area (TPSA) is 49.4 Å². The van der Waals surface area contributed by atoms with Gasteiger partial charge in [0.25, 0.3) is 0 Å². The van der Waals surface area contributed by atoms with Gasteiger partial charge in [0.15, 0.2) is 0 Å². The third-order valence-corrected chi connectivity index (χ3v) is 4.00. The molecule has 0 aromatic heterocycles. The lowest BCUT2D eigenvalue weighted by molar-refractivity contribution is -0.154. The normalized spacial score (nSPS) is 29.1. The Balaban J connectivity index is 2.26. The highest BCUT2D eigenvalue weighted by molar-refractivity contribution is 5.97. The molecule has 0 aromatic rings. The second kappa shape index (κ2) is 5.24. The zero-order chi connectivity index (χ0) is 14.2. The van der Waals surface area contributed by atoms with Crippen LogP contribution in [0.15, 0.2) is 0 Å². The van der Waals surface area contributed by atoms with Crippen LogP contribution in [0.4, 0.5) is 0 Å². The first-order valence-corrected chi connectivity index (χ1v) is 7.03. The predicted octanol–water partition coefficient (Wildman–Crippen LogP) is 1.16. The van der Waals surface area contributed by atoms with Crippen LogP contribution in [0.25, 0.3) is 0 Å². The lowest BCUT2D eigenvalue weighted by Crippen LogP contribution is -2.67. The van der Waals surface area contributed by atoms with Gasteiger partial charge in [0.05, 0.1) is 0 Å². The van der Waals surface area contributed by atoms with Gasteiger partial charge in [-0.3, -0.25) is 9.59 Å². The van der Waals surface area contributed by atoms with Gasteiger partial charge in [-0.15, -0.1) is 12.3 Å². The number of nitrogens with one attached hydrogen (secondary N) is 1. The Labute approximate surface area is 114 Å². The lowest BCUT2D eigenvalue weighted by atomic mass is 9.93. The highest BCUT2D eigenvalue weighted by atomic mass is 16.2. The Morgan fingerprint density at radius 2 is 2.00 bits per heavy atom. The summed E-state index contributed by atoms with van der Waals surface area (Å²) < 4.78 is 0. The van der Waals surface area contributed by atoms with Gasteiger partial charge in [-0.1, -0.05) is 13.8 Å². The molecule has 3 unspecified atom stereocenters. The van der Waals surface area contributed by atoms with Crippen LogP contribution in [-0.2, 0) is 9.59 Å². The van der Waals surface area contributed by atoms with Crippen molar-refractivity contribution in [3.8, 4) is 12.3 Å². The fourth-order valence-corrected chi connectivity index (χ4v) is 2.86. The van der Waals surface area contributed by atoms with Crippen LogP contribution in [0.2, 0.25) is 0 Å². The summed E-state index contributed by atoms with van der Waals surface area (Å²) >= 11 is 0. The Bertz CT molecular complexity index is 420. The summed E-state index contributed by atoms with van der Waals surface area (Å²) in [6.45, 7) is 5.85. The lowest BCUT2D eigenvalue weighted by Gasteiger charge is -2.43. The highest BCUT2D eigenvalue weighted by Gasteiger charge is 2.48. The average Bonchev–Trinajstić information content (AvgIpc) is 3.14. The molecule has 1 aliphatic carbocycles. The van der Waals surface area contributed by atoms with Crippen LogP contribution in [0.3, 0.4) is 0 Å². The zero-order valence-corrected chi connectivity index (χ0v) is 11.8. The molecule has 1 aliphatic heterocycles. The molecule has 1 heterocycles. The summed E-state index contributed by atoms with van der Waals surface area (Å²) in [6, 6.07) is -0.814. The van der Waals surface area contributed by atoms with Crippen molar-refractivity contribution in [2.45, 2.75) is 58.2 Å². The maximum atomic E-state index is 12.6. The molecule has 104 valence electrons. The van der Waals surface area contributed by atoms with Crippen LogP contribution in [0.1, 0.15) is 40.0 Å². The van der Waals surface area contributed by atoms with Crippen molar-refractivity contribution in [2.75, 3.05) is 0 Å². The first-order valence-electron chi connectivity index (χ1n) is 7.03. The van der Waals surface area contributed by atoms with Crippen molar-refractivity contribution in [3.63, 3.8) is 0 Å². The number of hydrogen-bond donors (Lipinski definition) is 1. The van der Waals surface area contributed by atoms with E-state index in [1.165, 1.54) is 0 Å². The van der Waals surface area contributed by atoms with Crippen molar-refractivity contribution in [1.29, 1.82) is 0 Å². The van der Waals surface area contributed by atoms with E-state index in [-0.39, 0.29) is 29.8 Å². The van der Waals surface area contributed by atoms with Crippen LogP contribution < -0.4 is 5.32 Å². The summed E-state index contributed by atoms with van der Waals surface area (Å²) in [7, 11) is 0. The molecule has 4 heteroatoms. The summed E-state index contributed by atoms with van der Waals surface area (Å²) in [6.07, 6.45) is 7.90. The van der Waals surface area contributed by atoms with Crippen LogP contribution in [-0.4, -0.2) is 34.8 Å². The minimum atomic E-state index is -0.397. The molecule has 0 aromatic carbocycles. The van der Waals surface area contributed by atoms with E-state index in [1.54, 1.807) is 4.90 Å². The maximum Gasteiger partial charge on any atom is 0.246 e. The van der Waals surface area contributed by atoms with Gasteiger partial charge in [0.1, 0.15) is 12.1 Å². The molecule has 1 saturated heterocycles. The predicted molar refractivity (Wildman–Crippen MR) is 73.0 cm³/mol. The molecule has 19 heavy (non-hydrogen) atoms. The van der Waals surface area contributed by atoms with Crippen molar-refractivity contribution in [2.24, 2.45) is 11.8 Å². The van der Waals surface area contributed by atoms with Crippen LogP contribution >= 0.6 is 0 Å². The summed E-state index contributed by atoms with van der Waals surface area (Å²) in [5.74, 6) is 3.02. The number of carbonyl (C=O) groups is 2. The molecular formula is C15H22N2O2. The van der Waals surface area contributed by atoms with E-state index < -0.39 is 6.04 Å². The minimum absolute atomic E-state index is 0.0321. The number of amides is 2. The zero-order valence-electron chi connectivity index (χ0n) is 11.8. The molecule has 2 rings (SSSR count). The number of nitrogens with zero attached hydrogens (tertiary/aromatic N) is 1. The number of terminal acetylenes is 1. The van der Waals surface area contributed by atoms with Crippen molar-refractivity contribution < 1.29 is 9.59 Å². The molecule has 2 amide bonds. The van der Waals surface area contributed by atoms with Crippen molar-refractivity contribution in [3.05, 3.63) is 0 Å². The second-order valence-electron chi connectivity index (χ2n) is 6.02. The first kappa shape index (κ1) is 13.9. The van der Waals surface area contributed by atoms with Gasteiger partial charge in [-0.2, -0.15) is 0 Å². The quantitative estimate of drug-likeness (QED) is 0.773. The molecular weight excluding hydrogens is 240 g/mol. The molecule has 1 saturated carbocycles. The van der Waals surface area contributed by atoms with Gasteiger partial charge >= 0.3 is 0 Å². The Morgan fingerprint density at radius 1 is 1.37 bits per heavy atom. The monoisotopic (exact) mass is 262 g/mol. The van der Waals surface area contributed by atoms with Crippen LogP contribution in [0.5, 0.6) is 0 Å². The maximum absolute atomic E-state index is 12.6. The van der Waals surface area contributed by atoms with E-state index in [4.69, 9.17) is 6.42 Å². The van der Waals surface area contributed by atoms with Crippen LogP contribution in [0, 0.1) is 24.2 Å². The Hall–Kier alpha value is -1.50. The molecule has 4 nitrogen and oxygen atoms in total. The van der Waals surface area contributed by atoms with E-state index >= 15 is 0 Å². The summed E-state index contributed by atoms with van der Waals surface area (Å²) in [4.78, 5) is 26.6. The van der Waals surface area contributed by atoms with Gasteiger partial charge in [0, 0.05) is 12.5 Å². The Kier molecular flexibility index (Phi) is 3.84. The van der Waals surface area contributed by atoms with Gasteiger partial charge < -0.3 is 10.2 Å². The second-order valence-corrected chi connectivity index (χ2v) is 6.02. The standard InChI is InChI=1S/C15H22N2O2/c1-5-6-10(4)17-13(9(2)3)14(18)16-12(15(17)19)11-7-8-11/h1,9-13H,6-8H2,2-4H3,(H,16,18). The molecule has 0 radical (unpaired) electrons. The van der Waals surface area contributed by atoms with Gasteiger partial charge in [-0.05, 0) is 31.6 Å².